The van der Waals surface area contributed by atoms with Gasteiger partial charge < -0.3 is 14.9 Å². The number of aliphatic hydroxyl groups is 2. The highest BCUT2D eigenvalue weighted by atomic mass is 19.1. The molecule has 8 heteroatoms. The molecule has 1 heterocycles. The maximum absolute atomic E-state index is 13.8. The van der Waals surface area contributed by atoms with E-state index in [2.05, 4.69) is 0 Å². The molecule has 3 atom stereocenters. The fraction of sp³-hybridized carbons (Fsp3) is 0.636. The molecule has 0 fully saturated rings. The number of rotatable bonds is 6. The van der Waals surface area contributed by atoms with Crippen LogP contribution in [0.5, 0.6) is 0 Å². The predicted molar refractivity (Wildman–Crippen MR) is 64.8 cm³/mol. The van der Waals surface area contributed by atoms with Crippen LogP contribution in [0.2, 0.25) is 0 Å². The summed E-state index contributed by atoms with van der Waals surface area (Å²) in [6.45, 7) is 0.485. The number of nitrogens with one attached hydrogen (secondary N) is 1. The molecule has 1 aromatic rings. The number of nitrogens with zero attached hydrogens (tertiary/aromatic N) is 1. The van der Waals surface area contributed by atoms with Gasteiger partial charge in [0.05, 0.1) is 13.2 Å². The van der Waals surface area contributed by atoms with E-state index in [1.54, 1.807) is 0 Å². The molecule has 19 heavy (non-hydrogen) atoms. The molecule has 0 aliphatic carbocycles. The highest BCUT2D eigenvalue weighted by Crippen LogP contribution is 2.08. The van der Waals surface area contributed by atoms with E-state index in [-0.39, 0.29) is 5.56 Å². The quantitative estimate of drug-likeness (QED) is 0.590. The number of ether oxygens (including phenoxy) is 1. The molecule has 0 spiro atoms. The molecule has 0 amide bonds. The second kappa shape index (κ2) is 6.60. The molecule has 0 saturated carbocycles. The van der Waals surface area contributed by atoms with Crippen molar-refractivity contribution in [1.82, 2.24) is 9.55 Å². The van der Waals surface area contributed by atoms with Crippen LogP contribution in [0, 0.1) is 6.92 Å². The molecule has 1 aromatic heterocycles. The molecule has 108 valence electrons. The lowest BCUT2D eigenvalue weighted by Gasteiger charge is -2.23. The molecule has 3 N–H and O–H groups in total. The Bertz CT molecular complexity index is 523. The van der Waals surface area contributed by atoms with Crippen molar-refractivity contribution in [3.63, 3.8) is 0 Å². The Morgan fingerprint density at radius 2 is 2.16 bits per heavy atom. The summed E-state index contributed by atoms with van der Waals surface area (Å²) < 4.78 is 19.5. The molecule has 0 saturated heterocycles. The summed E-state index contributed by atoms with van der Waals surface area (Å²) in [5.74, 6) is 0. The minimum absolute atomic E-state index is 0.256. The summed E-state index contributed by atoms with van der Waals surface area (Å²) in [6, 6.07) is 0. The Kier molecular flexibility index (Phi) is 5.40. The van der Waals surface area contributed by atoms with Crippen LogP contribution in [0.3, 0.4) is 0 Å². The monoisotopic (exact) mass is 276 g/mol. The van der Waals surface area contributed by atoms with Crippen LogP contribution >= 0.6 is 0 Å². The average molecular weight is 276 g/mol. The van der Waals surface area contributed by atoms with Gasteiger partial charge >= 0.3 is 5.69 Å². The highest BCUT2D eigenvalue weighted by Gasteiger charge is 2.28. The van der Waals surface area contributed by atoms with Gasteiger partial charge in [-0.15, -0.1) is 0 Å². The van der Waals surface area contributed by atoms with Crippen LogP contribution in [0.25, 0.3) is 0 Å². The van der Waals surface area contributed by atoms with Crippen LogP contribution < -0.4 is 11.2 Å². The van der Waals surface area contributed by atoms with Crippen LogP contribution in [0.4, 0.5) is 4.39 Å². The third-order valence-electron chi connectivity index (χ3n) is 2.79. The first-order valence-electron chi connectivity index (χ1n) is 5.66. The van der Waals surface area contributed by atoms with E-state index in [0.717, 1.165) is 4.57 Å². The minimum atomic E-state index is -1.82. The Hall–Kier alpha value is -1.51. The molecular formula is C11H17FN2O5. The van der Waals surface area contributed by atoms with E-state index in [1.165, 1.54) is 20.2 Å². The summed E-state index contributed by atoms with van der Waals surface area (Å²) >= 11 is 0. The van der Waals surface area contributed by atoms with Crippen LogP contribution in [0.15, 0.2) is 15.8 Å². The molecule has 0 aliphatic heterocycles. The summed E-state index contributed by atoms with van der Waals surface area (Å²) in [4.78, 5) is 24.6. The Labute approximate surface area is 108 Å². The normalized spacial score (nSPS) is 16.1. The number of methoxy groups -OCH3 is 1. The fourth-order valence-electron chi connectivity index (χ4n) is 1.60. The lowest BCUT2D eigenvalue weighted by Crippen LogP contribution is -2.43. The Morgan fingerprint density at radius 3 is 2.68 bits per heavy atom. The van der Waals surface area contributed by atoms with Gasteiger partial charge in [-0.1, -0.05) is 0 Å². The number of aryl methyl sites for hydroxylation is 1. The minimum Gasteiger partial charge on any atom is -0.394 e. The SMILES string of the molecule is COC(CO)C(O)[C@@H](F)Cn1cc(C)c(=O)[nH]c1=O. The largest absolute Gasteiger partial charge is 0.394 e. The molecule has 7 nitrogen and oxygen atoms in total. The van der Waals surface area contributed by atoms with Crippen molar-refractivity contribution < 1.29 is 19.3 Å². The van der Waals surface area contributed by atoms with Crippen molar-refractivity contribution in [1.29, 1.82) is 0 Å². The van der Waals surface area contributed by atoms with E-state index in [0.29, 0.717) is 0 Å². The molecule has 2 unspecified atom stereocenters. The number of alkyl halides is 1. The van der Waals surface area contributed by atoms with E-state index in [9.17, 15) is 19.1 Å². The second-order valence-electron chi connectivity index (χ2n) is 4.19. The summed E-state index contributed by atoms with van der Waals surface area (Å²) in [7, 11) is 1.23. The molecule has 0 aliphatic rings. The topological polar surface area (TPSA) is 105 Å². The fourth-order valence-corrected chi connectivity index (χ4v) is 1.60. The van der Waals surface area contributed by atoms with E-state index in [4.69, 9.17) is 9.84 Å². The van der Waals surface area contributed by atoms with Crippen molar-refractivity contribution >= 4 is 0 Å². The summed E-state index contributed by atoms with van der Waals surface area (Å²) in [6.07, 6.45) is -3.26. The molecule has 0 bridgehead atoms. The number of aromatic nitrogens is 2. The van der Waals surface area contributed by atoms with Gasteiger partial charge in [0.2, 0.25) is 0 Å². The Balaban J connectivity index is 2.88. The zero-order valence-electron chi connectivity index (χ0n) is 10.7. The number of halogens is 1. The number of hydrogen-bond acceptors (Lipinski definition) is 5. The summed E-state index contributed by atoms with van der Waals surface area (Å²) in [5, 5.41) is 18.5. The van der Waals surface area contributed by atoms with Gasteiger partial charge in [0, 0.05) is 18.9 Å². The molecule has 0 radical (unpaired) electrons. The first-order chi connectivity index (χ1) is 8.90. The number of H-pyrrole nitrogens is 1. The standard InChI is InChI=1S/C11H17FN2O5/c1-6-3-14(11(18)13-10(6)17)4-7(12)9(16)8(5-15)19-2/h3,7-9,15-16H,4-5H2,1-2H3,(H,13,17,18)/t7-,8?,9?/m0/s1. The first kappa shape index (κ1) is 15.5. The lowest BCUT2D eigenvalue weighted by atomic mass is 10.1. The average Bonchev–Trinajstić information content (AvgIpc) is 2.37. The lowest BCUT2D eigenvalue weighted by molar-refractivity contribution is -0.0751. The molecule has 0 aromatic carbocycles. The molecule has 1 rings (SSSR count). The highest BCUT2D eigenvalue weighted by molar-refractivity contribution is 5.01. The van der Waals surface area contributed by atoms with Gasteiger partial charge in [0.1, 0.15) is 18.4 Å². The number of aliphatic hydroxyl groups excluding tert-OH is 2. The van der Waals surface area contributed by atoms with Crippen molar-refractivity contribution in [3.8, 4) is 0 Å². The van der Waals surface area contributed by atoms with E-state index < -0.39 is 42.8 Å². The maximum Gasteiger partial charge on any atom is 0.328 e. The van der Waals surface area contributed by atoms with Crippen LogP contribution in [-0.2, 0) is 11.3 Å². The zero-order chi connectivity index (χ0) is 14.6. The number of hydrogen-bond donors (Lipinski definition) is 3. The van der Waals surface area contributed by atoms with Crippen molar-refractivity contribution in [3.05, 3.63) is 32.6 Å². The van der Waals surface area contributed by atoms with Crippen molar-refractivity contribution in [2.75, 3.05) is 13.7 Å². The summed E-state index contributed by atoms with van der Waals surface area (Å²) in [5.41, 5.74) is -1.04. The van der Waals surface area contributed by atoms with Gasteiger partial charge in [-0.2, -0.15) is 0 Å². The predicted octanol–water partition coefficient (Wildman–Crippen LogP) is -1.45. The van der Waals surface area contributed by atoms with E-state index >= 15 is 0 Å². The van der Waals surface area contributed by atoms with Crippen molar-refractivity contribution in [2.45, 2.75) is 31.8 Å². The third-order valence-corrected chi connectivity index (χ3v) is 2.79. The van der Waals surface area contributed by atoms with Gasteiger partial charge in [0.25, 0.3) is 5.56 Å². The zero-order valence-corrected chi connectivity index (χ0v) is 10.7. The van der Waals surface area contributed by atoms with Gasteiger partial charge in [-0.3, -0.25) is 14.3 Å². The van der Waals surface area contributed by atoms with Gasteiger partial charge in [0.15, 0.2) is 0 Å². The first-order valence-corrected chi connectivity index (χ1v) is 5.66. The molecular weight excluding hydrogens is 259 g/mol. The van der Waals surface area contributed by atoms with Crippen LogP contribution in [-0.4, -0.2) is 51.9 Å². The van der Waals surface area contributed by atoms with Gasteiger partial charge in [-0.25, -0.2) is 9.18 Å². The Morgan fingerprint density at radius 1 is 1.53 bits per heavy atom. The van der Waals surface area contributed by atoms with Gasteiger partial charge in [-0.05, 0) is 6.92 Å². The van der Waals surface area contributed by atoms with Crippen LogP contribution in [0.1, 0.15) is 5.56 Å². The maximum atomic E-state index is 13.8. The smallest absolute Gasteiger partial charge is 0.328 e. The third kappa shape index (κ3) is 3.72. The van der Waals surface area contributed by atoms with E-state index in [1.807, 2.05) is 4.98 Å². The van der Waals surface area contributed by atoms with Crippen molar-refractivity contribution in [2.24, 2.45) is 0 Å². The second-order valence-corrected chi connectivity index (χ2v) is 4.19. The number of aromatic amines is 1.